The number of benzene rings is 1. The number of para-hydroxylation sites is 1. The normalized spacial score (nSPS) is 15.3. The Hall–Kier alpha value is -1.71. The first-order valence-corrected chi connectivity index (χ1v) is 8.41. The third-order valence-corrected chi connectivity index (χ3v) is 4.18. The van der Waals surface area contributed by atoms with Crippen LogP contribution in [0.4, 0.5) is 0 Å². The van der Waals surface area contributed by atoms with Crippen LogP contribution in [0.3, 0.4) is 0 Å². The molecule has 0 saturated heterocycles. The van der Waals surface area contributed by atoms with Crippen LogP contribution in [0, 0.1) is 0 Å². The first-order chi connectivity index (χ1) is 10.7. The second kappa shape index (κ2) is 8.66. The lowest BCUT2D eigenvalue weighted by molar-refractivity contribution is 0.119. The molecule has 2 rings (SSSR count). The summed E-state index contributed by atoms with van der Waals surface area (Å²) in [7, 11) is 3.92. The Bertz CT molecular complexity index is 483. The summed E-state index contributed by atoms with van der Waals surface area (Å²) >= 11 is 0. The molecule has 0 aliphatic heterocycles. The van der Waals surface area contributed by atoms with E-state index in [4.69, 9.17) is 4.74 Å². The molecule has 1 fully saturated rings. The van der Waals surface area contributed by atoms with E-state index in [-0.39, 0.29) is 0 Å². The molecule has 122 valence electrons. The third-order valence-electron chi connectivity index (χ3n) is 4.18. The number of nitrogens with one attached hydrogen (secondary N) is 1. The van der Waals surface area contributed by atoms with Gasteiger partial charge in [0.2, 0.25) is 0 Å². The van der Waals surface area contributed by atoms with Gasteiger partial charge in [-0.2, -0.15) is 0 Å². The van der Waals surface area contributed by atoms with Gasteiger partial charge in [-0.3, -0.25) is 4.99 Å². The predicted octanol–water partition coefficient (Wildman–Crippen LogP) is 3.43. The fourth-order valence-electron chi connectivity index (χ4n) is 2.49. The van der Waals surface area contributed by atoms with Crippen LogP contribution in [0.25, 0.3) is 0 Å². The molecule has 22 heavy (non-hydrogen) atoms. The summed E-state index contributed by atoms with van der Waals surface area (Å²) in [5.74, 6) is 1.94. The molecule has 1 aromatic carbocycles. The van der Waals surface area contributed by atoms with Crippen LogP contribution < -0.4 is 10.1 Å². The summed E-state index contributed by atoms with van der Waals surface area (Å²) in [5.41, 5.74) is 1.19. The summed E-state index contributed by atoms with van der Waals surface area (Å²) in [5, 5.41) is 3.44. The first-order valence-electron chi connectivity index (χ1n) is 8.41. The summed E-state index contributed by atoms with van der Waals surface area (Å²) in [6, 6.07) is 8.30. The van der Waals surface area contributed by atoms with E-state index in [1.54, 1.807) is 0 Å². The van der Waals surface area contributed by atoms with E-state index in [0.717, 1.165) is 24.8 Å². The maximum absolute atomic E-state index is 6.08. The third kappa shape index (κ3) is 4.65. The van der Waals surface area contributed by atoms with Gasteiger partial charge in [0, 0.05) is 32.7 Å². The number of guanidine groups is 1. The number of ether oxygens (including phenoxy) is 1. The van der Waals surface area contributed by atoms with E-state index in [1.165, 1.54) is 37.7 Å². The summed E-state index contributed by atoms with van der Waals surface area (Å²) in [6.45, 7) is 3.97. The molecule has 0 bridgehead atoms. The van der Waals surface area contributed by atoms with E-state index in [2.05, 4.69) is 47.4 Å². The zero-order valence-electron chi connectivity index (χ0n) is 14.1. The molecule has 0 unspecified atom stereocenters. The summed E-state index contributed by atoms with van der Waals surface area (Å²) in [4.78, 5) is 6.54. The van der Waals surface area contributed by atoms with Gasteiger partial charge < -0.3 is 15.0 Å². The zero-order valence-corrected chi connectivity index (χ0v) is 14.1. The van der Waals surface area contributed by atoms with Gasteiger partial charge in [0.1, 0.15) is 5.75 Å². The molecule has 1 aromatic rings. The molecule has 0 heterocycles. The van der Waals surface area contributed by atoms with Crippen molar-refractivity contribution in [3.05, 3.63) is 29.8 Å². The molecule has 1 aliphatic rings. The van der Waals surface area contributed by atoms with Crippen LogP contribution in [0.5, 0.6) is 5.75 Å². The van der Waals surface area contributed by atoms with Gasteiger partial charge in [0.25, 0.3) is 0 Å². The Kier molecular flexibility index (Phi) is 6.56. The smallest absolute Gasteiger partial charge is 0.193 e. The summed E-state index contributed by atoms with van der Waals surface area (Å²) in [6.07, 6.45) is 6.44. The monoisotopic (exact) mass is 303 g/mol. The topological polar surface area (TPSA) is 36.9 Å². The molecule has 4 heteroatoms. The van der Waals surface area contributed by atoms with Crippen LogP contribution >= 0.6 is 0 Å². The molecule has 0 spiro atoms. The molecule has 1 saturated carbocycles. The van der Waals surface area contributed by atoms with Crippen molar-refractivity contribution in [2.75, 3.05) is 20.6 Å². The minimum atomic E-state index is 0.410. The molecule has 1 N–H and O–H groups in total. The molecule has 1 aliphatic carbocycles. The van der Waals surface area contributed by atoms with Crippen LogP contribution in [0.15, 0.2) is 29.3 Å². The lowest BCUT2D eigenvalue weighted by atomic mass is 9.96. The van der Waals surface area contributed by atoms with Crippen molar-refractivity contribution in [1.29, 1.82) is 0 Å². The Morgan fingerprint density at radius 3 is 2.77 bits per heavy atom. The molecule has 0 radical (unpaired) electrons. The lowest BCUT2D eigenvalue weighted by Crippen LogP contribution is -2.39. The predicted molar refractivity (Wildman–Crippen MR) is 92.4 cm³/mol. The Morgan fingerprint density at radius 2 is 2.14 bits per heavy atom. The van der Waals surface area contributed by atoms with E-state index >= 15 is 0 Å². The van der Waals surface area contributed by atoms with Gasteiger partial charge in [-0.25, -0.2) is 0 Å². The fraction of sp³-hybridized carbons (Fsp3) is 0.611. The molecule has 0 aromatic heterocycles. The number of hydrogen-bond donors (Lipinski definition) is 1. The van der Waals surface area contributed by atoms with Crippen LogP contribution in [-0.2, 0) is 6.54 Å². The van der Waals surface area contributed by atoms with Crippen molar-refractivity contribution in [3.63, 3.8) is 0 Å². The van der Waals surface area contributed by atoms with Gasteiger partial charge >= 0.3 is 0 Å². The average molecular weight is 303 g/mol. The lowest BCUT2D eigenvalue weighted by Gasteiger charge is -2.28. The van der Waals surface area contributed by atoms with E-state index < -0.39 is 0 Å². The van der Waals surface area contributed by atoms with Crippen LogP contribution in [0.1, 0.15) is 44.6 Å². The molecular weight excluding hydrogens is 274 g/mol. The van der Waals surface area contributed by atoms with Crippen molar-refractivity contribution in [2.45, 2.75) is 51.7 Å². The molecule has 4 nitrogen and oxygen atoms in total. The molecular formula is C18H29N3O. The highest BCUT2D eigenvalue weighted by Crippen LogP contribution is 2.27. The minimum Gasteiger partial charge on any atom is -0.490 e. The van der Waals surface area contributed by atoms with Gasteiger partial charge in [0.15, 0.2) is 5.96 Å². The van der Waals surface area contributed by atoms with E-state index in [9.17, 15) is 0 Å². The second-order valence-electron chi connectivity index (χ2n) is 5.95. The number of hydrogen-bond acceptors (Lipinski definition) is 2. The number of unbranched alkanes of at least 4 members (excludes halogenated alkanes) is 1. The van der Waals surface area contributed by atoms with Crippen molar-refractivity contribution < 1.29 is 4.74 Å². The maximum atomic E-state index is 6.08. The highest BCUT2D eigenvalue weighted by Gasteiger charge is 2.20. The number of aliphatic imine (C=N–C) groups is 1. The Balaban J connectivity index is 1.92. The first kappa shape index (κ1) is 16.7. The van der Waals surface area contributed by atoms with E-state index in [0.29, 0.717) is 6.10 Å². The van der Waals surface area contributed by atoms with Gasteiger partial charge in [-0.15, -0.1) is 0 Å². The number of nitrogens with zero attached hydrogens (tertiary/aromatic N) is 2. The van der Waals surface area contributed by atoms with Crippen molar-refractivity contribution >= 4 is 5.96 Å². The molecule has 0 atom stereocenters. The van der Waals surface area contributed by atoms with Gasteiger partial charge in [-0.1, -0.05) is 31.5 Å². The highest BCUT2D eigenvalue weighted by atomic mass is 16.5. The summed E-state index contributed by atoms with van der Waals surface area (Å²) < 4.78 is 6.08. The fourth-order valence-corrected chi connectivity index (χ4v) is 2.49. The standard InChI is InChI=1S/C18H29N3O/c1-4-5-13-21(3)18(19-2)20-14-15-9-6-7-12-17(15)22-16-10-8-11-16/h6-7,9,12,16H,4-5,8,10-11,13-14H2,1-3H3,(H,19,20). The van der Waals surface area contributed by atoms with Crippen LogP contribution in [-0.4, -0.2) is 37.6 Å². The molecule has 0 amide bonds. The zero-order chi connectivity index (χ0) is 15.8. The Morgan fingerprint density at radius 1 is 1.36 bits per heavy atom. The minimum absolute atomic E-state index is 0.410. The largest absolute Gasteiger partial charge is 0.490 e. The van der Waals surface area contributed by atoms with Crippen molar-refractivity contribution in [3.8, 4) is 5.75 Å². The number of rotatable bonds is 7. The van der Waals surface area contributed by atoms with Gasteiger partial charge in [-0.05, 0) is 31.7 Å². The Labute approximate surface area is 134 Å². The van der Waals surface area contributed by atoms with Gasteiger partial charge in [0.05, 0.1) is 6.10 Å². The average Bonchev–Trinajstić information content (AvgIpc) is 2.50. The highest BCUT2D eigenvalue weighted by molar-refractivity contribution is 5.79. The second-order valence-corrected chi connectivity index (χ2v) is 5.95. The van der Waals surface area contributed by atoms with Crippen LogP contribution in [0.2, 0.25) is 0 Å². The van der Waals surface area contributed by atoms with Crippen molar-refractivity contribution in [1.82, 2.24) is 10.2 Å². The SMILES string of the molecule is CCCCN(C)C(=NC)NCc1ccccc1OC1CCC1. The van der Waals surface area contributed by atoms with E-state index in [1.807, 2.05) is 13.1 Å². The van der Waals surface area contributed by atoms with Crippen molar-refractivity contribution in [2.24, 2.45) is 4.99 Å². The maximum Gasteiger partial charge on any atom is 0.193 e. The quantitative estimate of drug-likeness (QED) is 0.619.